The second-order valence-corrected chi connectivity index (χ2v) is 7.49. The normalized spacial score (nSPS) is 22.4. The summed E-state index contributed by atoms with van der Waals surface area (Å²) in [5, 5.41) is 17.9. The lowest BCUT2D eigenvalue weighted by atomic mass is 9.94. The Balaban J connectivity index is 1.32. The molecule has 1 amide bonds. The van der Waals surface area contributed by atoms with Crippen molar-refractivity contribution in [3.05, 3.63) is 47.0 Å². The van der Waals surface area contributed by atoms with Crippen LogP contribution in [0.25, 0.3) is 0 Å². The third-order valence-electron chi connectivity index (χ3n) is 5.67. The molecule has 0 spiro atoms. The van der Waals surface area contributed by atoms with Crippen LogP contribution in [0.1, 0.15) is 41.9 Å². The predicted octanol–water partition coefficient (Wildman–Crippen LogP) is 1.68. The molecule has 2 aliphatic rings. The molecular formula is C20H26N4O2. The number of carbonyl (C=O) groups is 1. The number of aromatic nitrogens is 3. The highest BCUT2D eigenvalue weighted by atomic mass is 16.3. The van der Waals surface area contributed by atoms with E-state index >= 15 is 0 Å². The van der Waals surface area contributed by atoms with Crippen molar-refractivity contribution in [1.82, 2.24) is 20.1 Å². The Kier molecular flexibility index (Phi) is 5.02. The molecule has 0 unspecified atom stereocenters. The Bertz CT molecular complexity index is 758. The van der Waals surface area contributed by atoms with Gasteiger partial charge in [0.15, 0.2) is 0 Å². The molecular weight excluding hydrogens is 328 g/mol. The van der Waals surface area contributed by atoms with Gasteiger partial charge in [0.2, 0.25) is 5.91 Å². The van der Waals surface area contributed by atoms with Crippen LogP contribution in [-0.2, 0) is 30.5 Å². The zero-order valence-electron chi connectivity index (χ0n) is 15.0. The SMILES string of the molecule is O=C(CCc1n[nH]c2c1CCCC2)N1C[C@@H](Cc2ccccn2)[C@H](O)C1. The van der Waals surface area contributed by atoms with Gasteiger partial charge in [-0.2, -0.15) is 5.10 Å². The monoisotopic (exact) mass is 354 g/mol. The number of pyridine rings is 1. The molecule has 0 bridgehead atoms. The maximum Gasteiger partial charge on any atom is 0.223 e. The summed E-state index contributed by atoms with van der Waals surface area (Å²) in [6.45, 7) is 1.03. The second kappa shape index (κ2) is 7.58. The quantitative estimate of drug-likeness (QED) is 0.856. The number of aliphatic hydroxyl groups excluding tert-OH is 1. The summed E-state index contributed by atoms with van der Waals surface area (Å²) in [7, 11) is 0. The summed E-state index contributed by atoms with van der Waals surface area (Å²) in [6.07, 6.45) is 7.72. The summed E-state index contributed by atoms with van der Waals surface area (Å²) in [5.41, 5.74) is 4.61. The first-order valence-electron chi connectivity index (χ1n) is 9.61. The molecule has 2 atom stereocenters. The predicted molar refractivity (Wildman–Crippen MR) is 97.6 cm³/mol. The van der Waals surface area contributed by atoms with Crippen LogP contribution in [0.15, 0.2) is 24.4 Å². The standard InChI is InChI=1S/C20H26N4O2/c25-19-13-24(12-14(19)11-15-5-3-4-10-21-15)20(26)9-8-18-16-6-1-2-7-17(16)22-23-18/h3-5,10,14,19,25H,1-2,6-9,11-13H2,(H,22,23)/t14-,19-/m1/s1. The molecule has 4 rings (SSSR count). The smallest absolute Gasteiger partial charge is 0.223 e. The van der Waals surface area contributed by atoms with Crippen molar-refractivity contribution in [3.63, 3.8) is 0 Å². The number of amides is 1. The van der Waals surface area contributed by atoms with Gasteiger partial charge in [-0.1, -0.05) is 6.07 Å². The Morgan fingerprint density at radius 1 is 1.27 bits per heavy atom. The first-order valence-corrected chi connectivity index (χ1v) is 9.61. The maximum atomic E-state index is 12.6. The number of hydrogen-bond donors (Lipinski definition) is 2. The number of rotatable bonds is 5. The Labute approximate surface area is 153 Å². The van der Waals surface area contributed by atoms with Gasteiger partial charge in [-0.25, -0.2) is 0 Å². The zero-order chi connectivity index (χ0) is 17.9. The van der Waals surface area contributed by atoms with Gasteiger partial charge in [-0.3, -0.25) is 14.9 Å². The first kappa shape index (κ1) is 17.2. The fraction of sp³-hybridized carbons (Fsp3) is 0.550. The number of hydrogen-bond acceptors (Lipinski definition) is 4. The van der Waals surface area contributed by atoms with E-state index in [-0.39, 0.29) is 11.8 Å². The van der Waals surface area contributed by atoms with E-state index < -0.39 is 6.10 Å². The molecule has 1 aliphatic carbocycles. The van der Waals surface area contributed by atoms with Crippen LogP contribution in [0.2, 0.25) is 0 Å². The van der Waals surface area contributed by atoms with Crippen LogP contribution in [0, 0.1) is 5.92 Å². The lowest BCUT2D eigenvalue weighted by Gasteiger charge is -2.16. The molecule has 2 aromatic heterocycles. The van der Waals surface area contributed by atoms with E-state index in [1.807, 2.05) is 18.2 Å². The molecule has 0 aromatic carbocycles. The molecule has 1 aliphatic heterocycles. The fourth-order valence-corrected chi connectivity index (χ4v) is 4.19. The molecule has 0 saturated carbocycles. The number of β-amino-alcohol motifs (C(OH)–C–C–N with tert-alkyl or cyclic N) is 1. The van der Waals surface area contributed by atoms with E-state index in [9.17, 15) is 9.90 Å². The minimum Gasteiger partial charge on any atom is -0.391 e. The van der Waals surface area contributed by atoms with Crippen molar-refractivity contribution in [2.45, 2.75) is 51.0 Å². The van der Waals surface area contributed by atoms with Crippen LogP contribution in [0.3, 0.4) is 0 Å². The highest BCUT2D eigenvalue weighted by Crippen LogP contribution is 2.24. The average Bonchev–Trinajstić information content (AvgIpc) is 3.24. The second-order valence-electron chi connectivity index (χ2n) is 7.49. The molecule has 1 fully saturated rings. The van der Waals surface area contributed by atoms with Gasteiger partial charge in [0.05, 0.1) is 11.8 Å². The van der Waals surface area contributed by atoms with Crippen LogP contribution in [0.4, 0.5) is 0 Å². The molecule has 6 heteroatoms. The van der Waals surface area contributed by atoms with Crippen LogP contribution < -0.4 is 0 Å². The van der Waals surface area contributed by atoms with E-state index in [1.54, 1.807) is 11.1 Å². The molecule has 138 valence electrons. The zero-order valence-corrected chi connectivity index (χ0v) is 15.0. The van der Waals surface area contributed by atoms with Gasteiger partial charge in [0.25, 0.3) is 0 Å². The maximum absolute atomic E-state index is 12.6. The molecule has 6 nitrogen and oxygen atoms in total. The van der Waals surface area contributed by atoms with Crippen molar-refractivity contribution in [2.75, 3.05) is 13.1 Å². The lowest BCUT2D eigenvalue weighted by molar-refractivity contribution is -0.130. The molecule has 3 heterocycles. The van der Waals surface area contributed by atoms with E-state index in [0.717, 1.165) is 24.2 Å². The minimum absolute atomic E-state index is 0.0620. The number of H-pyrrole nitrogens is 1. The molecule has 2 aromatic rings. The van der Waals surface area contributed by atoms with Gasteiger partial charge in [0, 0.05) is 49.4 Å². The number of nitrogens with zero attached hydrogens (tertiary/aromatic N) is 3. The van der Waals surface area contributed by atoms with Gasteiger partial charge in [-0.05, 0) is 49.8 Å². The van der Waals surface area contributed by atoms with Gasteiger partial charge in [-0.15, -0.1) is 0 Å². The Morgan fingerprint density at radius 3 is 3.00 bits per heavy atom. The first-order chi connectivity index (χ1) is 12.7. The van der Waals surface area contributed by atoms with Crippen LogP contribution >= 0.6 is 0 Å². The van der Waals surface area contributed by atoms with Gasteiger partial charge in [0.1, 0.15) is 0 Å². The van der Waals surface area contributed by atoms with Crippen molar-refractivity contribution in [3.8, 4) is 0 Å². The number of aromatic amines is 1. The van der Waals surface area contributed by atoms with Crippen molar-refractivity contribution >= 4 is 5.91 Å². The average molecular weight is 354 g/mol. The third kappa shape index (κ3) is 3.65. The lowest BCUT2D eigenvalue weighted by Crippen LogP contribution is -2.29. The highest BCUT2D eigenvalue weighted by molar-refractivity contribution is 5.76. The van der Waals surface area contributed by atoms with Gasteiger partial charge < -0.3 is 10.0 Å². The van der Waals surface area contributed by atoms with Crippen molar-refractivity contribution in [2.24, 2.45) is 5.92 Å². The summed E-state index contributed by atoms with van der Waals surface area (Å²) >= 11 is 0. The van der Waals surface area contributed by atoms with Gasteiger partial charge >= 0.3 is 0 Å². The minimum atomic E-state index is -0.473. The largest absolute Gasteiger partial charge is 0.391 e. The summed E-state index contributed by atoms with van der Waals surface area (Å²) in [6, 6.07) is 5.81. The summed E-state index contributed by atoms with van der Waals surface area (Å²) in [4.78, 5) is 18.7. The van der Waals surface area contributed by atoms with Crippen LogP contribution in [-0.4, -0.2) is 50.3 Å². The number of carbonyl (C=O) groups excluding carboxylic acids is 1. The molecule has 1 saturated heterocycles. The number of nitrogens with one attached hydrogen (secondary N) is 1. The van der Waals surface area contributed by atoms with Crippen molar-refractivity contribution in [1.29, 1.82) is 0 Å². The Morgan fingerprint density at radius 2 is 2.15 bits per heavy atom. The summed E-state index contributed by atoms with van der Waals surface area (Å²) in [5.74, 6) is 0.173. The summed E-state index contributed by atoms with van der Waals surface area (Å²) < 4.78 is 0. The molecule has 26 heavy (non-hydrogen) atoms. The number of aryl methyl sites for hydroxylation is 2. The number of fused-ring (bicyclic) bond motifs is 1. The van der Waals surface area contributed by atoms with E-state index in [1.165, 1.54) is 24.1 Å². The molecule has 2 N–H and O–H groups in total. The number of aliphatic hydroxyl groups is 1. The molecule has 0 radical (unpaired) electrons. The fourth-order valence-electron chi connectivity index (χ4n) is 4.19. The topological polar surface area (TPSA) is 82.1 Å². The van der Waals surface area contributed by atoms with E-state index in [2.05, 4.69) is 15.2 Å². The Hall–Kier alpha value is -2.21. The van der Waals surface area contributed by atoms with Crippen LogP contribution in [0.5, 0.6) is 0 Å². The number of likely N-dealkylation sites (tertiary alicyclic amines) is 1. The van der Waals surface area contributed by atoms with E-state index in [0.29, 0.717) is 32.4 Å². The highest BCUT2D eigenvalue weighted by Gasteiger charge is 2.34. The third-order valence-corrected chi connectivity index (χ3v) is 5.67. The van der Waals surface area contributed by atoms with Crippen molar-refractivity contribution < 1.29 is 9.90 Å². The van der Waals surface area contributed by atoms with E-state index in [4.69, 9.17) is 0 Å².